The van der Waals surface area contributed by atoms with Crippen LogP contribution in [0.4, 0.5) is 0 Å². The lowest BCUT2D eigenvalue weighted by molar-refractivity contribution is 1.01. The van der Waals surface area contributed by atoms with Crippen molar-refractivity contribution < 1.29 is 0 Å². The second-order valence-electron chi connectivity index (χ2n) is 6.26. The molecule has 1 N–H and O–H groups in total. The normalized spacial score (nSPS) is 14.0. The minimum atomic E-state index is 1.10. The third-order valence-electron chi connectivity index (χ3n) is 4.95. The van der Waals surface area contributed by atoms with Crippen molar-refractivity contribution in [1.82, 2.24) is 4.98 Å². The van der Waals surface area contributed by atoms with E-state index in [1.807, 2.05) is 0 Å². The van der Waals surface area contributed by atoms with Gasteiger partial charge in [0.05, 0.1) is 0 Å². The Morgan fingerprint density at radius 1 is 0.696 bits per heavy atom. The Hall–Kier alpha value is -2.80. The summed E-state index contributed by atoms with van der Waals surface area (Å²) in [5, 5.41) is 4.03. The van der Waals surface area contributed by atoms with Crippen LogP contribution >= 0.6 is 0 Å². The molecule has 0 fully saturated rings. The van der Waals surface area contributed by atoms with Crippen LogP contribution in [-0.2, 0) is 6.42 Å². The number of aryl methyl sites for hydroxylation is 1. The standard InChI is InChI=1S/C22H17N/c1-2-8-17-15(6-1)7-5-10-18(17)16-12-13-20-19-9-3-4-11-21(19)23-22(20)14-16/h1-11,14,23H,12-13H2. The largest absolute Gasteiger partial charge is 0.355 e. The number of H-pyrrole nitrogens is 1. The lowest BCUT2D eigenvalue weighted by Crippen LogP contribution is -1.98. The molecule has 0 aliphatic heterocycles. The monoisotopic (exact) mass is 295 g/mol. The van der Waals surface area contributed by atoms with Crippen molar-refractivity contribution in [2.75, 3.05) is 0 Å². The van der Waals surface area contributed by atoms with Crippen molar-refractivity contribution in [2.24, 2.45) is 0 Å². The molecule has 1 nitrogen and oxygen atoms in total. The summed E-state index contributed by atoms with van der Waals surface area (Å²) in [7, 11) is 0. The lowest BCUT2D eigenvalue weighted by Gasteiger charge is -2.16. The Balaban J connectivity index is 1.72. The number of hydrogen-bond donors (Lipinski definition) is 1. The average molecular weight is 295 g/mol. The zero-order chi connectivity index (χ0) is 15.2. The lowest BCUT2D eigenvalue weighted by atomic mass is 9.89. The summed E-state index contributed by atoms with van der Waals surface area (Å²) >= 11 is 0. The first-order valence-electron chi connectivity index (χ1n) is 8.18. The van der Waals surface area contributed by atoms with Gasteiger partial charge in [0, 0.05) is 16.6 Å². The highest BCUT2D eigenvalue weighted by Gasteiger charge is 2.17. The molecule has 0 unspecified atom stereocenters. The molecular weight excluding hydrogens is 278 g/mol. The van der Waals surface area contributed by atoms with Crippen molar-refractivity contribution >= 4 is 33.3 Å². The summed E-state index contributed by atoms with van der Waals surface area (Å²) in [4.78, 5) is 3.59. The number of nitrogens with one attached hydrogen (secondary N) is 1. The van der Waals surface area contributed by atoms with E-state index < -0.39 is 0 Å². The molecule has 0 spiro atoms. The molecule has 1 aliphatic carbocycles. The number of para-hydroxylation sites is 1. The quantitative estimate of drug-likeness (QED) is 0.456. The maximum atomic E-state index is 3.59. The highest BCUT2D eigenvalue weighted by molar-refractivity contribution is 6.00. The molecular formula is C22H17N. The van der Waals surface area contributed by atoms with Gasteiger partial charge in [-0.05, 0) is 52.5 Å². The number of allylic oxidation sites excluding steroid dienone is 1. The Labute approximate surface area is 135 Å². The van der Waals surface area contributed by atoms with Gasteiger partial charge in [-0.2, -0.15) is 0 Å². The van der Waals surface area contributed by atoms with Crippen molar-refractivity contribution in [3.05, 3.63) is 83.6 Å². The Morgan fingerprint density at radius 3 is 2.43 bits per heavy atom. The van der Waals surface area contributed by atoms with E-state index in [4.69, 9.17) is 0 Å². The number of hydrogen-bond acceptors (Lipinski definition) is 0. The van der Waals surface area contributed by atoms with Crippen LogP contribution in [0.5, 0.6) is 0 Å². The second kappa shape index (κ2) is 4.85. The Bertz CT molecular complexity index is 1060. The third kappa shape index (κ3) is 1.93. The van der Waals surface area contributed by atoms with Gasteiger partial charge < -0.3 is 4.98 Å². The predicted octanol–water partition coefficient (Wildman–Crippen LogP) is 5.81. The van der Waals surface area contributed by atoms with E-state index in [1.165, 1.54) is 44.1 Å². The van der Waals surface area contributed by atoms with Crippen molar-refractivity contribution in [1.29, 1.82) is 0 Å². The van der Waals surface area contributed by atoms with Crippen LogP contribution in [0.3, 0.4) is 0 Å². The first kappa shape index (κ1) is 12.7. The van der Waals surface area contributed by atoms with E-state index >= 15 is 0 Å². The highest BCUT2D eigenvalue weighted by Crippen LogP contribution is 2.36. The molecule has 0 amide bonds. The van der Waals surface area contributed by atoms with Crippen LogP contribution < -0.4 is 0 Å². The summed E-state index contributed by atoms with van der Waals surface area (Å²) in [5.41, 5.74) is 6.78. The Kier molecular flexibility index (Phi) is 2.68. The van der Waals surface area contributed by atoms with Crippen LogP contribution in [0.25, 0.3) is 33.3 Å². The fourth-order valence-electron chi connectivity index (χ4n) is 3.84. The van der Waals surface area contributed by atoms with Gasteiger partial charge in [0.15, 0.2) is 0 Å². The summed E-state index contributed by atoms with van der Waals surface area (Å²) < 4.78 is 0. The molecule has 23 heavy (non-hydrogen) atoms. The van der Waals surface area contributed by atoms with Gasteiger partial charge in [-0.3, -0.25) is 0 Å². The molecule has 1 heterocycles. The zero-order valence-electron chi connectivity index (χ0n) is 12.8. The second-order valence-corrected chi connectivity index (χ2v) is 6.26. The zero-order valence-corrected chi connectivity index (χ0v) is 12.8. The summed E-state index contributed by atoms with van der Waals surface area (Å²) in [6.45, 7) is 0. The first-order chi connectivity index (χ1) is 11.4. The molecule has 3 aromatic carbocycles. The molecule has 1 aliphatic rings. The smallest absolute Gasteiger partial charge is 0.0461 e. The number of aromatic nitrogens is 1. The first-order valence-corrected chi connectivity index (χ1v) is 8.18. The molecule has 0 bridgehead atoms. The van der Waals surface area contributed by atoms with E-state index in [1.54, 1.807) is 0 Å². The fraction of sp³-hybridized carbons (Fsp3) is 0.0909. The molecule has 5 rings (SSSR count). The summed E-state index contributed by atoms with van der Waals surface area (Å²) in [6, 6.07) is 23.9. The van der Waals surface area contributed by atoms with E-state index in [0.717, 1.165) is 12.8 Å². The predicted molar refractivity (Wildman–Crippen MR) is 98.4 cm³/mol. The Morgan fingerprint density at radius 2 is 1.48 bits per heavy atom. The number of fused-ring (bicyclic) bond motifs is 4. The minimum Gasteiger partial charge on any atom is -0.355 e. The van der Waals surface area contributed by atoms with Gasteiger partial charge >= 0.3 is 0 Å². The van der Waals surface area contributed by atoms with Crippen LogP contribution in [0.1, 0.15) is 23.2 Å². The van der Waals surface area contributed by atoms with Crippen LogP contribution in [0, 0.1) is 0 Å². The van der Waals surface area contributed by atoms with E-state index in [0.29, 0.717) is 0 Å². The van der Waals surface area contributed by atoms with E-state index in [-0.39, 0.29) is 0 Å². The highest BCUT2D eigenvalue weighted by atomic mass is 14.7. The molecule has 4 aromatic rings. The van der Waals surface area contributed by atoms with Gasteiger partial charge in [-0.25, -0.2) is 0 Å². The molecule has 1 aromatic heterocycles. The van der Waals surface area contributed by atoms with Crippen molar-refractivity contribution in [2.45, 2.75) is 12.8 Å². The van der Waals surface area contributed by atoms with Crippen molar-refractivity contribution in [3.63, 3.8) is 0 Å². The SMILES string of the molecule is C1=C(c2cccc3ccccc23)CCc2c1[nH]c1ccccc21. The van der Waals surface area contributed by atoms with Gasteiger partial charge in [0.25, 0.3) is 0 Å². The average Bonchev–Trinajstić information content (AvgIpc) is 2.99. The maximum absolute atomic E-state index is 3.59. The molecule has 110 valence electrons. The molecule has 0 radical (unpaired) electrons. The number of aromatic amines is 1. The third-order valence-corrected chi connectivity index (χ3v) is 4.95. The van der Waals surface area contributed by atoms with Gasteiger partial charge in [0.1, 0.15) is 0 Å². The molecule has 0 saturated heterocycles. The van der Waals surface area contributed by atoms with Crippen molar-refractivity contribution in [3.8, 4) is 0 Å². The van der Waals surface area contributed by atoms with Gasteiger partial charge in [-0.15, -0.1) is 0 Å². The van der Waals surface area contributed by atoms with Crippen LogP contribution in [0.2, 0.25) is 0 Å². The number of benzene rings is 3. The van der Waals surface area contributed by atoms with Gasteiger partial charge in [-0.1, -0.05) is 60.7 Å². The fourth-order valence-corrected chi connectivity index (χ4v) is 3.84. The van der Waals surface area contributed by atoms with Gasteiger partial charge in [0.2, 0.25) is 0 Å². The summed E-state index contributed by atoms with van der Waals surface area (Å²) in [5.74, 6) is 0. The molecule has 0 atom stereocenters. The van der Waals surface area contributed by atoms with Crippen LogP contribution in [-0.4, -0.2) is 4.98 Å². The number of rotatable bonds is 1. The van der Waals surface area contributed by atoms with Crippen LogP contribution in [0.15, 0.2) is 66.7 Å². The molecule has 1 heteroatoms. The summed E-state index contributed by atoms with van der Waals surface area (Å²) in [6.07, 6.45) is 4.55. The molecule has 0 saturated carbocycles. The van der Waals surface area contributed by atoms with E-state index in [9.17, 15) is 0 Å². The maximum Gasteiger partial charge on any atom is 0.0461 e. The van der Waals surface area contributed by atoms with E-state index in [2.05, 4.69) is 77.8 Å². The minimum absolute atomic E-state index is 1.10. The topological polar surface area (TPSA) is 15.8 Å².